The number of hydrogen-bond acceptors (Lipinski definition) is 4. The summed E-state index contributed by atoms with van der Waals surface area (Å²) in [5.41, 5.74) is 0.395. The van der Waals surface area contributed by atoms with Crippen LogP contribution in [0.3, 0.4) is 0 Å². The zero-order valence-electron chi connectivity index (χ0n) is 10.4. The van der Waals surface area contributed by atoms with Crippen molar-refractivity contribution in [2.45, 2.75) is 0 Å². The minimum absolute atomic E-state index is 0.248. The van der Waals surface area contributed by atoms with Gasteiger partial charge in [0.1, 0.15) is 0 Å². The number of nitrogens with zero attached hydrogens (tertiary/aromatic N) is 2. The molecule has 2 N–H and O–H groups in total. The quantitative estimate of drug-likeness (QED) is 0.833. The van der Waals surface area contributed by atoms with E-state index in [0.29, 0.717) is 34.6 Å². The van der Waals surface area contributed by atoms with Crippen LogP contribution in [-0.4, -0.2) is 29.0 Å². The Bertz CT molecular complexity index is 592. The third kappa shape index (κ3) is 4.08. The molecule has 0 spiro atoms. The largest absolute Gasteiger partial charge is 0.352 e. The lowest BCUT2D eigenvalue weighted by molar-refractivity contribution is 0.0955. The maximum absolute atomic E-state index is 11.9. The molecule has 0 fully saturated rings. The van der Waals surface area contributed by atoms with Gasteiger partial charge in [-0.2, -0.15) is 0 Å². The van der Waals surface area contributed by atoms with Gasteiger partial charge >= 0.3 is 0 Å². The number of rotatable bonds is 5. The Balaban J connectivity index is 1.80. The first-order chi connectivity index (χ1) is 9.66. The van der Waals surface area contributed by atoms with E-state index in [1.807, 2.05) is 0 Å². The van der Waals surface area contributed by atoms with Crippen LogP contribution in [0.15, 0.2) is 36.7 Å². The first-order valence-corrected chi connectivity index (χ1v) is 6.66. The molecular weight excluding hydrogens is 299 g/mol. The first kappa shape index (κ1) is 14.6. The molecule has 1 aromatic carbocycles. The van der Waals surface area contributed by atoms with Gasteiger partial charge in [-0.15, -0.1) is 0 Å². The predicted molar refractivity (Wildman–Crippen MR) is 79.3 cm³/mol. The molecule has 2 aromatic rings. The lowest BCUT2D eigenvalue weighted by Gasteiger charge is -2.08. The molecule has 20 heavy (non-hydrogen) atoms. The second-order valence-electron chi connectivity index (χ2n) is 3.88. The normalized spacial score (nSPS) is 10.1. The number of carbonyl (C=O) groups excluding carboxylic acids is 1. The van der Waals surface area contributed by atoms with Gasteiger partial charge in [0.25, 0.3) is 5.91 Å². The van der Waals surface area contributed by atoms with E-state index in [1.54, 1.807) is 30.6 Å². The average molecular weight is 311 g/mol. The highest BCUT2D eigenvalue weighted by molar-refractivity contribution is 6.36. The topological polar surface area (TPSA) is 66.9 Å². The molecule has 0 atom stereocenters. The van der Waals surface area contributed by atoms with E-state index < -0.39 is 0 Å². The molecular formula is C13H12Cl2N4O. The minimum atomic E-state index is -0.248. The Morgan fingerprint density at radius 3 is 2.60 bits per heavy atom. The molecule has 5 nitrogen and oxygen atoms in total. The van der Waals surface area contributed by atoms with Crippen LogP contribution in [0, 0.1) is 0 Å². The van der Waals surface area contributed by atoms with Gasteiger partial charge in [0.2, 0.25) is 5.95 Å². The van der Waals surface area contributed by atoms with Gasteiger partial charge in [-0.25, -0.2) is 9.97 Å². The fourth-order valence-electron chi connectivity index (χ4n) is 1.51. The molecule has 2 rings (SSSR count). The summed E-state index contributed by atoms with van der Waals surface area (Å²) >= 11 is 11.7. The monoisotopic (exact) mass is 310 g/mol. The zero-order valence-corrected chi connectivity index (χ0v) is 11.9. The molecule has 1 aromatic heterocycles. The number of amides is 1. The van der Waals surface area contributed by atoms with E-state index in [9.17, 15) is 4.79 Å². The number of carbonyl (C=O) groups is 1. The first-order valence-electron chi connectivity index (χ1n) is 5.91. The highest BCUT2D eigenvalue weighted by atomic mass is 35.5. The summed E-state index contributed by atoms with van der Waals surface area (Å²) in [6, 6.07) is 6.48. The number of benzene rings is 1. The lowest BCUT2D eigenvalue weighted by atomic mass is 10.2. The zero-order chi connectivity index (χ0) is 14.4. The van der Waals surface area contributed by atoms with Crippen LogP contribution in [0.5, 0.6) is 0 Å². The lowest BCUT2D eigenvalue weighted by Crippen LogP contribution is -2.29. The van der Waals surface area contributed by atoms with Crippen molar-refractivity contribution in [1.29, 1.82) is 0 Å². The van der Waals surface area contributed by atoms with Crippen molar-refractivity contribution in [3.63, 3.8) is 0 Å². The number of nitrogens with one attached hydrogen (secondary N) is 2. The van der Waals surface area contributed by atoms with Crippen LogP contribution in [0.4, 0.5) is 5.95 Å². The number of aromatic nitrogens is 2. The van der Waals surface area contributed by atoms with Crippen LogP contribution in [-0.2, 0) is 0 Å². The smallest absolute Gasteiger partial charge is 0.252 e. The summed E-state index contributed by atoms with van der Waals surface area (Å²) in [6.45, 7) is 0.941. The fourth-order valence-corrected chi connectivity index (χ4v) is 2.00. The highest BCUT2D eigenvalue weighted by Gasteiger charge is 2.09. The molecule has 1 amide bonds. The summed E-state index contributed by atoms with van der Waals surface area (Å²) in [6.07, 6.45) is 3.28. The Labute approximate surface area is 126 Å². The van der Waals surface area contributed by atoms with Crippen molar-refractivity contribution in [2.75, 3.05) is 18.4 Å². The molecule has 0 aliphatic rings. The maximum Gasteiger partial charge on any atom is 0.252 e. The minimum Gasteiger partial charge on any atom is -0.352 e. The predicted octanol–water partition coefficient (Wildman–Crippen LogP) is 2.63. The van der Waals surface area contributed by atoms with Crippen LogP contribution in [0.2, 0.25) is 10.0 Å². The van der Waals surface area contributed by atoms with Gasteiger partial charge < -0.3 is 10.6 Å². The summed E-state index contributed by atoms with van der Waals surface area (Å²) in [5, 5.41) is 6.55. The molecule has 7 heteroatoms. The number of halogens is 2. The van der Waals surface area contributed by atoms with Crippen LogP contribution < -0.4 is 10.6 Å². The summed E-state index contributed by atoms with van der Waals surface area (Å²) in [7, 11) is 0. The fraction of sp³-hybridized carbons (Fsp3) is 0.154. The molecule has 0 saturated carbocycles. The van der Waals surface area contributed by atoms with E-state index in [4.69, 9.17) is 23.2 Å². The van der Waals surface area contributed by atoms with Crippen molar-refractivity contribution in [1.82, 2.24) is 15.3 Å². The van der Waals surface area contributed by atoms with Crippen molar-refractivity contribution in [3.05, 3.63) is 52.3 Å². The molecule has 0 bridgehead atoms. The van der Waals surface area contributed by atoms with Crippen LogP contribution in [0.25, 0.3) is 0 Å². The highest BCUT2D eigenvalue weighted by Crippen LogP contribution is 2.20. The Morgan fingerprint density at radius 2 is 1.90 bits per heavy atom. The second kappa shape index (κ2) is 7.07. The van der Waals surface area contributed by atoms with E-state index in [1.165, 1.54) is 6.07 Å². The van der Waals surface area contributed by atoms with Crippen LogP contribution in [0.1, 0.15) is 10.4 Å². The van der Waals surface area contributed by atoms with Gasteiger partial charge in [0.15, 0.2) is 0 Å². The molecule has 0 aliphatic heterocycles. The van der Waals surface area contributed by atoms with Crippen LogP contribution >= 0.6 is 23.2 Å². The third-order valence-electron chi connectivity index (χ3n) is 2.44. The van der Waals surface area contributed by atoms with Crippen molar-refractivity contribution in [2.24, 2.45) is 0 Å². The van der Waals surface area contributed by atoms with Gasteiger partial charge in [0.05, 0.1) is 10.6 Å². The molecule has 0 radical (unpaired) electrons. The average Bonchev–Trinajstić information content (AvgIpc) is 2.44. The SMILES string of the molecule is O=C(NCCNc1ncccn1)c1ccc(Cl)cc1Cl. The molecule has 0 unspecified atom stereocenters. The summed E-state index contributed by atoms with van der Waals surface area (Å²) < 4.78 is 0. The Hall–Kier alpha value is -1.85. The number of hydrogen-bond donors (Lipinski definition) is 2. The van der Waals surface area contributed by atoms with E-state index in [-0.39, 0.29) is 5.91 Å². The van der Waals surface area contributed by atoms with E-state index in [0.717, 1.165) is 0 Å². The molecule has 104 valence electrons. The number of anilines is 1. The summed E-state index contributed by atoms with van der Waals surface area (Å²) in [5.74, 6) is 0.272. The van der Waals surface area contributed by atoms with E-state index >= 15 is 0 Å². The standard InChI is InChI=1S/C13H12Cl2N4O/c14-9-2-3-10(11(15)8-9)12(20)16-6-7-19-13-17-4-1-5-18-13/h1-5,8H,6-7H2,(H,16,20)(H,17,18,19). The van der Waals surface area contributed by atoms with Gasteiger partial charge in [-0.3, -0.25) is 4.79 Å². The van der Waals surface area contributed by atoms with Crippen molar-refractivity contribution < 1.29 is 4.79 Å². The molecule has 0 saturated heterocycles. The molecule has 1 heterocycles. The second-order valence-corrected chi connectivity index (χ2v) is 4.72. The Kier molecular flexibility index (Phi) is 5.15. The van der Waals surface area contributed by atoms with Gasteiger partial charge in [-0.1, -0.05) is 23.2 Å². The van der Waals surface area contributed by atoms with Crippen molar-refractivity contribution >= 4 is 35.1 Å². The van der Waals surface area contributed by atoms with Gasteiger partial charge in [-0.05, 0) is 24.3 Å². The summed E-state index contributed by atoms with van der Waals surface area (Å²) in [4.78, 5) is 19.9. The maximum atomic E-state index is 11.9. The van der Waals surface area contributed by atoms with Crippen molar-refractivity contribution in [3.8, 4) is 0 Å². The van der Waals surface area contributed by atoms with E-state index in [2.05, 4.69) is 20.6 Å². The third-order valence-corrected chi connectivity index (χ3v) is 2.98. The van der Waals surface area contributed by atoms with Gasteiger partial charge in [0, 0.05) is 30.5 Å². The Morgan fingerprint density at radius 1 is 1.15 bits per heavy atom. The molecule has 0 aliphatic carbocycles.